The number of allylic oxidation sites excluding steroid dienone is 1. The van der Waals surface area contributed by atoms with Crippen LogP contribution in [0, 0.1) is 0 Å². The van der Waals surface area contributed by atoms with E-state index in [1.165, 1.54) is 0 Å². The molecule has 0 aromatic heterocycles. The molecule has 1 heterocycles. The van der Waals surface area contributed by atoms with E-state index in [1.807, 2.05) is 37.3 Å². The van der Waals surface area contributed by atoms with Crippen LogP contribution in [0.15, 0.2) is 36.0 Å². The molecule has 0 atom stereocenters. The van der Waals surface area contributed by atoms with Crippen molar-refractivity contribution < 1.29 is 9.59 Å². The first-order valence-corrected chi connectivity index (χ1v) is 5.29. The van der Waals surface area contributed by atoms with Crippen molar-refractivity contribution >= 4 is 27.7 Å². The summed E-state index contributed by atoms with van der Waals surface area (Å²) in [6.07, 6.45) is 0. The highest BCUT2D eigenvalue weighted by Gasteiger charge is 2.27. The molecule has 1 aliphatic rings. The summed E-state index contributed by atoms with van der Waals surface area (Å²) in [7, 11) is 0. The smallest absolute Gasteiger partial charge is 0.291 e. The fourth-order valence-corrected chi connectivity index (χ4v) is 2.02. The van der Waals surface area contributed by atoms with E-state index in [-0.39, 0.29) is 10.4 Å². The normalized spacial score (nSPS) is 19.0. The minimum absolute atomic E-state index is 0.207. The van der Waals surface area contributed by atoms with Crippen LogP contribution in [-0.2, 0) is 4.79 Å². The summed E-state index contributed by atoms with van der Waals surface area (Å²) < 4.78 is 0. The van der Waals surface area contributed by atoms with Gasteiger partial charge in [0.1, 0.15) is 5.70 Å². The molecular formula is C11H9NO2S. The second-order valence-electron chi connectivity index (χ2n) is 3.17. The van der Waals surface area contributed by atoms with Gasteiger partial charge in [-0.15, -0.1) is 0 Å². The molecular weight excluding hydrogens is 210 g/mol. The standard InChI is InChI=1S/C11H9NO2S/c1-7(8-5-3-2-4-6-8)9-10(13)15-11(14)12-9/h2-6H,1H3,(H,12,14). The van der Waals surface area contributed by atoms with E-state index < -0.39 is 0 Å². The number of thioether (sulfide) groups is 1. The van der Waals surface area contributed by atoms with Gasteiger partial charge in [-0.25, -0.2) is 0 Å². The molecule has 1 aromatic rings. The fraction of sp³-hybridized carbons (Fsp3) is 0.0909. The maximum absolute atomic E-state index is 11.4. The Balaban J connectivity index is 2.42. The highest BCUT2D eigenvalue weighted by Crippen LogP contribution is 2.25. The monoisotopic (exact) mass is 219 g/mol. The lowest BCUT2D eigenvalue weighted by Crippen LogP contribution is -2.12. The van der Waals surface area contributed by atoms with Crippen LogP contribution in [0.1, 0.15) is 12.5 Å². The van der Waals surface area contributed by atoms with Crippen molar-refractivity contribution in [3.8, 4) is 0 Å². The zero-order valence-corrected chi connectivity index (χ0v) is 8.93. The molecule has 1 saturated heterocycles. The molecule has 0 radical (unpaired) electrons. The highest BCUT2D eigenvalue weighted by molar-refractivity contribution is 8.27. The Morgan fingerprint density at radius 2 is 1.87 bits per heavy atom. The first-order valence-electron chi connectivity index (χ1n) is 4.48. The number of benzene rings is 1. The van der Waals surface area contributed by atoms with Gasteiger partial charge in [0.15, 0.2) is 0 Å². The zero-order chi connectivity index (χ0) is 10.8. The summed E-state index contributed by atoms with van der Waals surface area (Å²) in [4.78, 5) is 22.4. The summed E-state index contributed by atoms with van der Waals surface area (Å²) in [6.45, 7) is 1.83. The van der Waals surface area contributed by atoms with Crippen LogP contribution in [-0.4, -0.2) is 10.4 Å². The van der Waals surface area contributed by atoms with Crippen molar-refractivity contribution in [2.75, 3.05) is 0 Å². The van der Waals surface area contributed by atoms with Crippen LogP contribution in [0.4, 0.5) is 4.79 Å². The average molecular weight is 219 g/mol. The van der Waals surface area contributed by atoms with Gasteiger partial charge < -0.3 is 5.32 Å². The molecule has 1 aliphatic heterocycles. The number of carbonyl (C=O) groups is 2. The molecule has 1 N–H and O–H groups in total. The summed E-state index contributed by atoms with van der Waals surface area (Å²) in [5.41, 5.74) is 2.15. The van der Waals surface area contributed by atoms with Crippen LogP contribution >= 0.6 is 11.8 Å². The number of rotatable bonds is 1. The Kier molecular flexibility index (Phi) is 2.60. The molecule has 0 aliphatic carbocycles. The van der Waals surface area contributed by atoms with E-state index in [1.54, 1.807) is 0 Å². The predicted octanol–water partition coefficient (Wildman–Crippen LogP) is 2.40. The van der Waals surface area contributed by atoms with Crippen LogP contribution < -0.4 is 5.32 Å². The Labute approximate surface area is 91.6 Å². The molecule has 2 rings (SSSR count). The summed E-state index contributed by atoms with van der Waals surface area (Å²) in [5.74, 6) is 0. The predicted molar refractivity (Wildman–Crippen MR) is 60.2 cm³/mol. The molecule has 1 fully saturated rings. The fourth-order valence-electron chi connectivity index (χ4n) is 1.39. The molecule has 76 valence electrons. The molecule has 1 aromatic carbocycles. The van der Waals surface area contributed by atoms with Crippen LogP contribution in [0.25, 0.3) is 5.57 Å². The lowest BCUT2D eigenvalue weighted by atomic mass is 10.1. The second kappa shape index (κ2) is 3.90. The lowest BCUT2D eigenvalue weighted by Gasteiger charge is -2.03. The molecule has 1 amide bonds. The van der Waals surface area contributed by atoms with E-state index in [2.05, 4.69) is 5.32 Å². The molecule has 4 heteroatoms. The Hall–Kier alpha value is -1.55. The molecule has 3 nitrogen and oxygen atoms in total. The SMILES string of the molecule is CC(=C1NC(=O)SC1=O)c1ccccc1. The van der Waals surface area contributed by atoms with Crippen molar-refractivity contribution in [1.82, 2.24) is 5.32 Å². The van der Waals surface area contributed by atoms with E-state index in [9.17, 15) is 9.59 Å². The topological polar surface area (TPSA) is 46.2 Å². The van der Waals surface area contributed by atoms with Gasteiger partial charge in [-0.1, -0.05) is 30.3 Å². The molecule has 0 bridgehead atoms. The van der Waals surface area contributed by atoms with Gasteiger partial charge in [0.25, 0.3) is 5.24 Å². The van der Waals surface area contributed by atoms with Crippen molar-refractivity contribution in [2.45, 2.75) is 6.92 Å². The van der Waals surface area contributed by atoms with Crippen molar-refractivity contribution in [3.63, 3.8) is 0 Å². The van der Waals surface area contributed by atoms with E-state index in [4.69, 9.17) is 0 Å². The number of hydrogen-bond acceptors (Lipinski definition) is 3. The third kappa shape index (κ3) is 1.94. The van der Waals surface area contributed by atoms with Crippen LogP contribution in [0.3, 0.4) is 0 Å². The Morgan fingerprint density at radius 1 is 1.20 bits per heavy atom. The minimum atomic E-state index is -0.301. The second-order valence-corrected chi connectivity index (χ2v) is 4.11. The van der Waals surface area contributed by atoms with E-state index in [0.717, 1.165) is 11.1 Å². The van der Waals surface area contributed by atoms with Crippen molar-refractivity contribution in [2.24, 2.45) is 0 Å². The van der Waals surface area contributed by atoms with Crippen LogP contribution in [0.5, 0.6) is 0 Å². The minimum Gasteiger partial charge on any atom is -0.312 e. The summed E-state index contributed by atoms with van der Waals surface area (Å²) in [6, 6.07) is 9.52. The maximum Gasteiger partial charge on any atom is 0.291 e. The number of carbonyl (C=O) groups excluding carboxylic acids is 2. The maximum atomic E-state index is 11.4. The first-order chi connectivity index (χ1) is 7.18. The number of nitrogens with one attached hydrogen (secondary N) is 1. The van der Waals surface area contributed by atoms with E-state index >= 15 is 0 Å². The Morgan fingerprint density at radius 3 is 2.40 bits per heavy atom. The molecule has 0 saturated carbocycles. The van der Waals surface area contributed by atoms with Crippen molar-refractivity contribution in [3.05, 3.63) is 41.6 Å². The summed E-state index contributed by atoms with van der Waals surface area (Å²) >= 11 is 0.705. The number of amides is 1. The van der Waals surface area contributed by atoms with E-state index in [0.29, 0.717) is 17.5 Å². The third-order valence-corrected chi connectivity index (χ3v) is 2.88. The third-order valence-electron chi connectivity index (χ3n) is 2.20. The van der Waals surface area contributed by atoms with Gasteiger partial charge in [0.05, 0.1) is 0 Å². The van der Waals surface area contributed by atoms with Crippen LogP contribution in [0.2, 0.25) is 0 Å². The van der Waals surface area contributed by atoms with Gasteiger partial charge in [0.2, 0.25) is 5.12 Å². The van der Waals surface area contributed by atoms with Gasteiger partial charge in [-0.3, -0.25) is 9.59 Å². The molecule has 0 unspecified atom stereocenters. The number of hydrogen-bond donors (Lipinski definition) is 1. The lowest BCUT2D eigenvalue weighted by molar-refractivity contribution is -0.107. The van der Waals surface area contributed by atoms with Crippen molar-refractivity contribution in [1.29, 1.82) is 0 Å². The van der Waals surface area contributed by atoms with Gasteiger partial charge >= 0.3 is 0 Å². The summed E-state index contributed by atoms with van der Waals surface area (Å²) in [5, 5.41) is 2.05. The molecule has 15 heavy (non-hydrogen) atoms. The average Bonchev–Trinajstić information content (AvgIpc) is 2.58. The first kappa shape index (κ1) is 9.98. The Bertz CT molecular complexity index is 451. The van der Waals surface area contributed by atoms with Gasteiger partial charge in [-0.2, -0.15) is 0 Å². The largest absolute Gasteiger partial charge is 0.312 e. The quantitative estimate of drug-likeness (QED) is 0.738. The highest BCUT2D eigenvalue weighted by atomic mass is 32.2. The zero-order valence-electron chi connectivity index (χ0n) is 8.11. The van der Waals surface area contributed by atoms with Gasteiger partial charge in [0, 0.05) is 11.8 Å². The van der Waals surface area contributed by atoms with Gasteiger partial charge in [-0.05, 0) is 18.1 Å². The molecule has 0 spiro atoms.